The molecule has 0 saturated carbocycles. The van der Waals surface area contributed by atoms with E-state index < -0.39 is 29.4 Å². The molecule has 0 amide bonds. The van der Waals surface area contributed by atoms with Crippen molar-refractivity contribution in [3.05, 3.63) is 107 Å². The molecule has 2 unspecified atom stereocenters. The predicted molar refractivity (Wildman–Crippen MR) is 150 cm³/mol. The third-order valence-corrected chi connectivity index (χ3v) is 5.99. The maximum Gasteiger partial charge on any atom is 0.317 e. The van der Waals surface area contributed by atoms with Crippen LogP contribution in [-0.2, 0) is 14.3 Å². The van der Waals surface area contributed by atoms with Crippen LogP contribution in [0, 0.1) is 5.92 Å². The first-order valence-corrected chi connectivity index (χ1v) is 13.2. The number of rotatable bonds is 10. The molecule has 0 radical (unpaired) electrons. The minimum atomic E-state index is -1.09. The van der Waals surface area contributed by atoms with Crippen LogP contribution < -0.4 is 0 Å². The van der Waals surface area contributed by atoms with E-state index in [1.807, 2.05) is 69.3 Å². The van der Waals surface area contributed by atoms with Crippen LogP contribution in [0.4, 0.5) is 0 Å². The summed E-state index contributed by atoms with van der Waals surface area (Å²) in [6.45, 7) is 10.8. The van der Waals surface area contributed by atoms with Crippen LogP contribution in [0.25, 0.3) is 0 Å². The maximum atomic E-state index is 13.6. The molecule has 0 aliphatic heterocycles. The summed E-state index contributed by atoms with van der Waals surface area (Å²) in [5, 5.41) is 10.3. The molecule has 5 nitrogen and oxygen atoms in total. The standard InChI is InChI=1S/C33H40O5/c1-32(2,3)37-28(34)22-21-27(31(36)38-33(4,5)6)30(35)26-19-17-25(18-20-26)29(23-13-9-7-10-14-23)24-15-11-8-12-16-24/h7-20,27-29,34H,21-22H2,1-6H3. The van der Waals surface area contributed by atoms with Crippen molar-refractivity contribution in [2.75, 3.05) is 0 Å². The molecule has 0 aliphatic carbocycles. The van der Waals surface area contributed by atoms with Crippen LogP contribution in [0.15, 0.2) is 84.9 Å². The molecule has 1 N–H and O–H groups in total. The van der Waals surface area contributed by atoms with E-state index in [-0.39, 0.29) is 24.5 Å². The lowest BCUT2D eigenvalue weighted by molar-refractivity contribution is -0.171. The van der Waals surface area contributed by atoms with Gasteiger partial charge in [0.2, 0.25) is 0 Å². The predicted octanol–water partition coefficient (Wildman–Crippen LogP) is 6.92. The van der Waals surface area contributed by atoms with Crippen LogP contribution in [-0.4, -0.2) is 34.4 Å². The summed E-state index contributed by atoms with van der Waals surface area (Å²) in [4.78, 5) is 26.6. The second-order valence-corrected chi connectivity index (χ2v) is 11.6. The van der Waals surface area contributed by atoms with Crippen molar-refractivity contribution in [2.45, 2.75) is 77.8 Å². The van der Waals surface area contributed by atoms with Gasteiger partial charge < -0.3 is 14.6 Å². The molecule has 0 aliphatic rings. The van der Waals surface area contributed by atoms with Gasteiger partial charge in [-0.15, -0.1) is 0 Å². The molecule has 0 fully saturated rings. The van der Waals surface area contributed by atoms with Crippen LogP contribution in [0.1, 0.15) is 87.4 Å². The Labute approximate surface area is 226 Å². The number of ketones is 1. The summed E-state index contributed by atoms with van der Waals surface area (Å²) >= 11 is 0. The van der Waals surface area contributed by atoms with Crippen molar-refractivity contribution in [1.29, 1.82) is 0 Å². The number of aliphatic hydroxyl groups is 1. The van der Waals surface area contributed by atoms with Gasteiger partial charge in [-0.25, -0.2) is 0 Å². The van der Waals surface area contributed by atoms with Crippen molar-refractivity contribution in [3.63, 3.8) is 0 Å². The SMILES string of the molecule is CC(C)(C)OC(=O)C(CCC(O)OC(C)(C)C)C(=O)c1ccc(C(c2ccccc2)c2ccccc2)cc1. The molecule has 5 heteroatoms. The zero-order valence-electron chi connectivity index (χ0n) is 23.3. The summed E-state index contributed by atoms with van der Waals surface area (Å²) in [6.07, 6.45) is -0.842. The summed E-state index contributed by atoms with van der Waals surface area (Å²) in [5.74, 6) is -1.96. The Morgan fingerprint density at radius 2 is 1.16 bits per heavy atom. The van der Waals surface area contributed by atoms with Gasteiger partial charge in [-0.2, -0.15) is 0 Å². The Hall–Kier alpha value is -3.28. The number of ether oxygens (including phenoxy) is 2. The average Bonchev–Trinajstić information content (AvgIpc) is 2.84. The van der Waals surface area contributed by atoms with E-state index in [9.17, 15) is 14.7 Å². The number of Topliss-reactive ketones (excluding diaryl/α,β-unsaturated/α-hetero) is 1. The second-order valence-electron chi connectivity index (χ2n) is 11.6. The number of carbonyl (C=O) groups is 2. The molecular formula is C33H40O5. The second kappa shape index (κ2) is 12.5. The fraction of sp³-hybridized carbons (Fsp3) is 0.394. The number of hydrogen-bond donors (Lipinski definition) is 1. The fourth-order valence-electron chi connectivity index (χ4n) is 4.41. The Kier molecular flexibility index (Phi) is 9.64. The summed E-state index contributed by atoms with van der Waals surface area (Å²) in [7, 11) is 0. The van der Waals surface area contributed by atoms with Crippen molar-refractivity contribution in [2.24, 2.45) is 5.92 Å². The third-order valence-electron chi connectivity index (χ3n) is 5.99. The first-order valence-electron chi connectivity index (χ1n) is 13.2. The third kappa shape index (κ3) is 8.64. The van der Waals surface area contributed by atoms with E-state index in [1.54, 1.807) is 32.9 Å². The van der Waals surface area contributed by atoms with Crippen molar-refractivity contribution < 1.29 is 24.2 Å². The molecule has 2 atom stereocenters. The van der Waals surface area contributed by atoms with Gasteiger partial charge in [0.1, 0.15) is 11.5 Å². The molecule has 0 aromatic heterocycles. The summed E-state index contributed by atoms with van der Waals surface area (Å²) < 4.78 is 11.1. The minimum absolute atomic E-state index is 0.00731. The highest BCUT2D eigenvalue weighted by Gasteiger charge is 2.33. The molecule has 38 heavy (non-hydrogen) atoms. The van der Waals surface area contributed by atoms with Crippen molar-refractivity contribution >= 4 is 11.8 Å². The summed E-state index contributed by atoms with van der Waals surface area (Å²) in [5.41, 5.74) is 2.49. The minimum Gasteiger partial charge on any atom is -0.459 e. The zero-order chi connectivity index (χ0) is 27.9. The maximum absolute atomic E-state index is 13.6. The van der Waals surface area contributed by atoms with Gasteiger partial charge >= 0.3 is 5.97 Å². The van der Waals surface area contributed by atoms with Gasteiger partial charge in [0, 0.05) is 11.5 Å². The van der Waals surface area contributed by atoms with Crippen LogP contribution in [0.2, 0.25) is 0 Å². The van der Waals surface area contributed by atoms with E-state index in [0.717, 1.165) is 16.7 Å². The average molecular weight is 517 g/mol. The molecular weight excluding hydrogens is 476 g/mol. The van der Waals surface area contributed by atoms with Crippen LogP contribution in [0.3, 0.4) is 0 Å². The van der Waals surface area contributed by atoms with E-state index >= 15 is 0 Å². The quantitative estimate of drug-likeness (QED) is 0.104. The van der Waals surface area contributed by atoms with Gasteiger partial charge in [0.25, 0.3) is 0 Å². The lowest BCUT2D eigenvalue weighted by atomic mass is 9.84. The first kappa shape index (κ1) is 29.3. The van der Waals surface area contributed by atoms with Crippen LogP contribution in [0.5, 0.6) is 0 Å². The number of hydrogen-bond acceptors (Lipinski definition) is 5. The van der Waals surface area contributed by atoms with Crippen molar-refractivity contribution in [3.8, 4) is 0 Å². The Morgan fingerprint density at radius 3 is 1.61 bits per heavy atom. The molecule has 202 valence electrons. The number of carbonyl (C=O) groups excluding carboxylic acids is 2. The zero-order valence-corrected chi connectivity index (χ0v) is 23.3. The number of esters is 1. The molecule has 0 heterocycles. The van der Waals surface area contributed by atoms with E-state index in [0.29, 0.717) is 5.56 Å². The van der Waals surface area contributed by atoms with Gasteiger partial charge in [0.15, 0.2) is 12.1 Å². The van der Waals surface area contributed by atoms with E-state index in [4.69, 9.17) is 9.47 Å². The van der Waals surface area contributed by atoms with Crippen LogP contribution >= 0.6 is 0 Å². The highest BCUT2D eigenvalue weighted by Crippen LogP contribution is 2.32. The highest BCUT2D eigenvalue weighted by atomic mass is 16.6. The van der Waals surface area contributed by atoms with E-state index in [2.05, 4.69) is 24.3 Å². The molecule has 3 aromatic carbocycles. The van der Waals surface area contributed by atoms with Gasteiger partial charge in [-0.05, 0) is 71.1 Å². The highest BCUT2D eigenvalue weighted by molar-refractivity contribution is 6.08. The Morgan fingerprint density at radius 1 is 0.684 bits per heavy atom. The topological polar surface area (TPSA) is 72.8 Å². The van der Waals surface area contributed by atoms with Crippen molar-refractivity contribution in [1.82, 2.24) is 0 Å². The van der Waals surface area contributed by atoms with Gasteiger partial charge in [-0.3, -0.25) is 9.59 Å². The molecule has 3 rings (SSSR count). The molecule has 3 aromatic rings. The number of aliphatic hydroxyl groups excluding tert-OH is 1. The molecule has 0 spiro atoms. The van der Waals surface area contributed by atoms with Gasteiger partial charge in [-0.1, -0.05) is 84.9 Å². The van der Waals surface area contributed by atoms with Gasteiger partial charge in [0.05, 0.1) is 5.60 Å². The normalized spacial score (nSPS) is 13.7. The Bertz CT molecular complexity index is 1130. The monoisotopic (exact) mass is 516 g/mol. The summed E-state index contributed by atoms with van der Waals surface area (Å²) in [6, 6.07) is 27.9. The molecule has 0 saturated heterocycles. The van der Waals surface area contributed by atoms with E-state index in [1.165, 1.54) is 0 Å². The fourth-order valence-corrected chi connectivity index (χ4v) is 4.41. The molecule has 0 bridgehead atoms. The smallest absolute Gasteiger partial charge is 0.317 e. The number of benzene rings is 3. The largest absolute Gasteiger partial charge is 0.459 e. The lowest BCUT2D eigenvalue weighted by Crippen LogP contribution is -2.34. The lowest BCUT2D eigenvalue weighted by Gasteiger charge is -2.26. The first-order chi connectivity index (χ1) is 17.8. The Balaban J connectivity index is 1.87.